The van der Waals surface area contributed by atoms with Gasteiger partial charge in [-0.15, -0.1) is 0 Å². The third-order valence-corrected chi connectivity index (χ3v) is 7.52. The molecule has 2 fully saturated rings. The van der Waals surface area contributed by atoms with Crippen molar-refractivity contribution < 1.29 is 4.79 Å². The molecule has 2 atom stereocenters. The molecule has 1 saturated heterocycles. The Kier molecular flexibility index (Phi) is 5.63. The lowest BCUT2D eigenvalue weighted by Crippen LogP contribution is -2.45. The number of piperidine rings is 1. The summed E-state index contributed by atoms with van der Waals surface area (Å²) in [6.07, 6.45) is 3.61. The van der Waals surface area contributed by atoms with Crippen molar-refractivity contribution in [1.29, 1.82) is 0 Å². The van der Waals surface area contributed by atoms with Crippen LogP contribution in [0.4, 0.5) is 0 Å². The minimum atomic E-state index is -0.586. The normalized spacial score (nSPS) is 22.0. The smallest absolute Gasteiger partial charge is 0.302 e. The molecule has 7 heteroatoms. The highest BCUT2D eigenvalue weighted by atomic mass is 127. The number of carbonyl (C=O) groups excluding carboxylic acids is 1. The maximum atomic E-state index is 13.0. The molecule has 2 aromatic carbocycles. The maximum absolute atomic E-state index is 13.0. The Balaban J connectivity index is 1.28. The Labute approximate surface area is 199 Å². The van der Waals surface area contributed by atoms with Gasteiger partial charge in [0.05, 0.1) is 3.57 Å². The number of carbonyl (C=O) groups is 1. The minimum Gasteiger partial charge on any atom is -0.302 e. The standard InChI is InChI=1S/C25H24IN3O3/c26-21-16-28(24(32)29(23(21)31)22(30)18-8-3-1-4-9-18)13-7-12-27-15-20-14-25(20,17-27)19-10-5-2-6-11-19/h1-6,8-11,16,20H,7,12-15,17H2/t20-,25+/m1/s1. The largest absolute Gasteiger partial charge is 0.338 e. The van der Waals surface area contributed by atoms with Gasteiger partial charge in [-0.1, -0.05) is 48.5 Å². The van der Waals surface area contributed by atoms with Gasteiger partial charge in [-0.05, 0) is 65.6 Å². The van der Waals surface area contributed by atoms with E-state index in [9.17, 15) is 14.4 Å². The SMILES string of the molecule is O=C(c1ccccc1)n1c(=O)c(I)cn(CCCN2C[C@H]3C[C@@]3(c3ccccc3)C2)c1=O. The van der Waals surface area contributed by atoms with Crippen LogP contribution in [0.1, 0.15) is 28.8 Å². The molecular formula is C25H24IN3O3. The molecule has 6 nitrogen and oxygen atoms in total. The van der Waals surface area contributed by atoms with Gasteiger partial charge in [-0.2, -0.15) is 4.57 Å². The van der Waals surface area contributed by atoms with E-state index in [-0.39, 0.29) is 0 Å². The number of hydrogen-bond donors (Lipinski definition) is 0. The highest BCUT2D eigenvalue weighted by Crippen LogP contribution is 2.58. The van der Waals surface area contributed by atoms with E-state index in [1.54, 1.807) is 36.5 Å². The summed E-state index contributed by atoms with van der Waals surface area (Å²) in [4.78, 5) is 40.8. The van der Waals surface area contributed by atoms with Crippen LogP contribution in [-0.4, -0.2) is 39.6 Å². The van der Waals surface area contributed by atoms with Gasteiger partial charge in [0, 0.05) is 36.8 Å². The number of aromatic nitrogens is 2. The minimum absolute atomic E-state index is 0.308. The first-order chi connectivity index (χ1) is 15.5. The second kappa shape index (κ2) is 8.44. The van der Waals surface area contributed by atoms with E-state index in [2.05, 4.69) is 35.2 Å². The van der Waals surface area contributed by atoms with Gasteiger partial charge in [0.15, 0.2) is 0 Å². The molecule has 0 unspecified atom stereocenters. The lowest BCUT2D eigenvalue weighted by Gasteiger charge is -2.21. The van der Waals surface area contributed by atoms with Crippen LogP contribution >= 0.6 is 22.6 Å². The second-order valence-electron chi connectivity index (χ2n) is 8.78. The summed E-state index contributed by atoms with van der Waals surface area (Å²) < 4.78 is 2.61. The van der Waals surface area contributed by atoms with Gasteiger partial charge in [0.2, 0.25) is 0 Å². The van der Waals surface area contributed by atoms with Crippen LogP contribution < -0.4 is 11.2 Å². The van der Waals surface area contributed by atoms with Crippen molar-refractivity contribution in [1.82, 2.24) is 14.0 Å². The Hall–Kier alpha value is -2.52. The predicted molar refractivity (Wildman–Crippen MR) is 131 cm³/mol. The summed E-state index contributed by atoms with van der Waals surface area (Å²) in [6.45, 7) is 3.50. The number of hydrogen-bond acceptors (Lipinski definition) is 4. The van der Waals surface area contributed by atoms with E-state index >= 15 is 0 Å². The van der Waals surface area contributed by atoms with Crippen LogP contribution in [0.25, 0.3) is 0 Å². The zero-order valence-corrected chi connectivity index (χ0v) is 19.8. The third-order valence-electron chi connectivity index (χ3n) is 6.78. The van der Waals surface area contributed by atoms with Crippen molar-refractivity contribution in [2.75, 3.05) is 19.6 Å². The molecule has 0 spiro atoms. The number of halogens is 1. The number of benzene rings is 2. The molecule has 1 aliphatic heterocycles. The highest BCUT2D eigenvalue weighted by Gasteiger charge is 2.60. The third kappa shape index (κ3) is 3.77. The van der Waals surface area contributed by atoms with Gasteiger partial charge in [0.1, 0.15) is 0 Å². The lowest BCUT2D eigenvalue weighted by molar-refractivity contribution is 0.0948. The number of rotatable bonds is 6. The molecule has 0 bridgehead atoms. The Bertz CT molecular complexity index is 1270. The first-order valence-electron chi connectivity index (χ1n) is 10.9. The van der Waals surface area contributed by atoms with E-state index in [0.29, 0.717) is 21.1 Å². The zero-order chi connectivity index (χ0) is 22.3. The molecule has 2 aliphatic rings. The van der Waals surface area contributed by atoms with Crippen LogP contribution in [0.15, 0.2) is 76.4 Å². The van der Waals surface area contributed by atoms with Crippen molar-refractivity contribution in [3.8, 4) is 0 Å². The fourth-order valence-electron chi connectivity index (χ4n) is 5.06. The van der Waals surface area contributed by atoms with E-state index in [4.69, 9.17) is 0 Å². The Morgan fingerprint density at radius 2 is 1.69 bits per heavy atom. The Morgan fingerprint density at radius 1 is 1.00 bits per heavy atom. The summed E-state index contributed by atoms with van der Waals surface area (Å²) in [5.41, 5.74) is 0.926. The maximum Gasteiger partial charge on any atom is 0.338 e. The molecule has 3 aromatic rings. The number of nitrogens with zero attached hydrogens (tertiary/aromatic N) is 3. The number of aryl methyl sites for hydroxylation is 1. The highest BCUT2D eigenvalue weighted by molar-refractivity contribution is 14.1. The summed E-state index contributed by atoms with van der Waals surface area (Å²) >= 11 is 1.90. The van der Waals surface area contributed by atoms with E-state index in [1.807, 2.05) is 22.6 Å². The molecule has 0 radical (unpaired) electrons. The molecule has 1 aromatic heterocycles. The van der Waals surface area contributed by atoms with Gasteiger partial charge in [-0.25, -0.2) is 4.79 Å². The van der Waals surface area contributed by atoms with Crippen LogP contribution in [0, 0.1) is 9.49 Å². The van der Waals surface area contributed by atoms with Crippen molar-refractivity contribution in [3.63, 3.8) is 0 Å². The average molecular weight is 541 g/mol. The monoisotopic (exact) mass is 541 g/mol. The molecular weight excluding hydrogens is 517 g/mol. The van der Waals surface area contributed by atoms with Crippen molar-refractivity contribution in [2.24, 2.45) is 5.92 Å². The molecule has 164 valence electrons. The first-order valence-corrected chi connectivity index (χ1v) is 12.0. The molecule has 5 rings (SSSR count). The summed E-state index contributed by atoms with van der Waals surface area (Å²) in [5.74, 6) is 0.135. The molecule has 0 amide bonds. The van der Waals surface area contributed by atoms with Gasteiger partial charge >= 0.3 is 5.69 Å². The molecule has 32 heavy (non-hydrogen) atoms. The average Bonchev–Trinajstić information content (AvgIpc) is 3.39. The van der Waals surface area contributed by atoms with Crippen LogP contribution in [0.5, 0.6) is 0 Å². The summed E-state index contributed by atoms with van der Waals surface area (Å²) in [7, 11) is 0. The molecule has 0 N–H and O–H groups in total. The summed E-state index contributed by atoms with van der Waals surface area (Å²) in [5, 5.41) is 0. The quantitative estimate of drug-likeness (QED) is 0.451. The fourth-order valence-corrected chi connectivity index (χ4v) is 5.63. The van der Waals surface area contributed by atoms with Crippen LogP contribution in [0.3, 0.4) is 0 Å². The second-order valence-corrected chi connectivity index (χ2v) is 9.94. The van der Waals surface area contributed by atoms with Crippen molar-refractivity contribution in [2.45, 2.75) is 24.8 Å². The molecule has 1 aliphatic carbocycles. The predicted octanol–water partition coefficient (Wildman–Crippen LogP) is 2.97. The molecule has 1 saturated carbocycles. The first kappa shape index (κ1) is 21.3. The number of likely N-dealkylation sites (tertiary alicyclic amines) is 1. The zero-order valence-electron chi connectivity index (χ0n) is 17.6. The summed E-state index contributed by atoms with van der Waals surface area (Å²) in [6, 6.07) is 19.2. The van der Waals surface area contributed by atoms with Crippen molar-refractivity contribution in [3.05, 3.63) is 102 Å². The van der Waals surface area contributed by atoms with Gasteiger partial charge < -0.3 is 4.90 Å². The van der Waals surface area contributed by atoms with Crippen LogP contribution in [-0.2, 0) is 12.0 Å². The van der Waals surface area contributed by atoms with Crippen LogP contribution in [0.2, 0.25) is 0 Å². The van der Waals surface area contributed by atoms with E-state index < -0.39 is 17.2 Å². The van der Waals surface area contributed by atoms with E-state index in [0.717, 1.165) is 36.5 Å². The topological polar surface area (TPSA) is 64.3 Å². The van der Waals surface area contributed by atoms with Crippen molar-refractivity contribution >= 4 is 28.5 Å². The van der Waals surface area contributed by atoms with Gasteiger partial charge in [0.25, 0.3) is 11.5 Å². The lowest BCUT2D eigenvalue weighted by atomic mass is 9.95. The number of fused-ring (bicyclic) bond motifs is 1. The molecule has 2 heterocycles. The van der Waals surface area contributed by atoms with E-state index in [1.165, 1.54) is 16.6 Å². The Morgan fingerprint density at radius 3 is 2.41 bits per heavy atom. The fraction of sp³-hybridized carbons (Fsp3) is 0.320. The van der Waals surface area contributed by atoms with Gasteiger partial charge in [-0.3, -0.25) is 14.2 Å².